The zero-order chi connectivity index (χ0) is 21.0. The van der Waals surface area contributed by atoms with Crippen molar-refractivity contribution in [3.63, 3.8) is 0 Å². The molecule has 1 aromatic carbocycles. The fraction of sp³-hybridized carbons (Fsp3) is 0.714. The van der Waals surface area contributed by atoms with Crippen molar-refractivity contribution in [1.29, 1.82) is 0 Å². The molecule has 0 amide bonds. The normalized spacial score (nSPS) is 28.5. The molecule has 0 unspecified atom stereocenters. The van der Waals surface area contributed by atoms with Crippen molar-refractivity contribution in [3.8, 4) is 11.5 Å². The predicted octanol–water partition coefficient (Wildman–Crippen LogP) is 2.83. The van der Waals surface area contributed by atoms with Crippen LogP contribution in [0.2, 0.25) is 0 Å². The smallest absolute Gasteiger partial charge is 0.281 e. The molecule has 0 radical (unpaired) electrons. The Labute approximate surface area is 174 Å². The van der Waals surface area contributed by atoms with Gasteiger partial charge in [0.1, 0.15) is 5.60 Å². The van der Waals surface area contributed by atoms with E-state index < -0.39 is 15.8 Å². The number of hydrogen-bond acceptors (Lipinski definition) is 5. The second-order valence-corrected chi connectivity index (χ2v) is 11.5. The molecular formula is C21H32N2O5S. The minimum absolute atomic E-state index is 0.00347. The monoisotopic (exact) mass is 424 g/mol. The zero-order valence-corrected chi connectivity index (χ0v) is 18.8. The summed E-state index contributed by atoms with van der Waals surface area (Å²) in [5.74, 6) is 1.72. The molecule has 3 heterocycles. The van der Waals surface area contributed by atoms with Gasteiger partial charge in [-0.3, -0.25) is 0 Å². The highest BCUT2D eigenvalue weighted by atomic mass is 32.2. The number of piperidine rings is 1. The number of benzene rings is 1. The van der Waals surface area contributed by atoms with Crippen molar-refractivity contribution < 1.29 is 22.6 Å². The Balaban J connectivity index is 1.56. The summed E-state index contributed by atoms with van der Waals surface area (Å²) < 4.78 is 46.3. The highest BCUT2D eigenvalue weighted by molar-refractivity contribution is 7.86. The molecule has 3 aliphatic rings. The summed E-state index contributed by atoms with van der Waals surface area (Å²) >= 11 is 0. The van der Waals surface area contributed by atoms with E-state index in [1.807, 2.05) is 12.1 Å². The maximum Gasteiger partial charge on any atom is 0.281 e. The van der Waals surface area contributed by atoms with Crippen molar-refractivity contribution in [3.05, 3.63) is 23.8 Å². The van der Waals surface area contributed by atoms with Crippen LogP contribution in [-0.4, -0.2) is 63.5 Å². The highest BCUT2D eigenvalue weighted by Gasteiger charge is 2.53. The summed E-state index contributed by atoms with van der Waals surface area (Å²) in [4.78, 5) is 0. The minimum atomic E-state index is -3.36. The molecule has 7 nitrogen and oxygen atoms in total. The molecule has 0 N–H and O–H groups in total. The number of nitrogens with zero attached hydrogens (tertiary/aromatic N) is 2. The van der Waals surface area contributed by atoms with Gasteiger partial charge in [0.25, 0.3) is 10.2 Å². The largest absolute Gasteiger partial charge is 0.493 e. The topological polar surface area (TPSA) is 68.3 Å². The van der Waals surface area contributed by atoms with Gasteiger partial charge in [0.05, 0.1) is 19.8 Å². The molecule has 3 aliphatic heterocycles. The van der Waals surface area contributed by atoms with E-state index in [1.54, 1.807) is 25.5 Å². The number of methoxy groups -OCH3 is 1. The Hall–Kier alpha value is -1.35. The summed E-state index contributed by atoms with van der Waals surface area (Å²) in [6.45, 7) is 5.96. The van der Waals surface area contributed by atoms with Crippen molar-refractivity contribution >= 4 is 10.2 Å². The molecule has 2 atom stereocenters. The first-order valence-electron chi connectivity index (χ1n) is 10.2. The lowest BCUT2D eigenvalue weighted by molar-refractivity contribution is -0.172. The van der Waals surface area contributed by atoms with Crippen LogP contribution in [0.3, 0.4) is 0 Å². The van der Waals surface area contributed by atoms with Gasteiger partial charge in [-0.1, -0.05) is 12.1 Å². The van der Waals surface area contributed by atoms with E-state index in [0.29, 0.717) is 19.7 Å². The second kappa shape index (κ2) is 7.11. The molecule has 0 bridgehead atoms. The molecule has 162 valence electrons. The summed E-state index contributed by atoms with van der Waals surface area (Å²) in [6, 6.07) is 5.96. The average molecular weight is 425 g/mol. The van der Waals surface area contributed by atoms with E-state index in [4.69, 9.17) is 14.2 Å². The minimum Gasteiger partial charge on any atom is -0.493 e. The van der Waals surface area contributed by atoms with E-state index in [2.05, 4.69) is 19.9 Å². The molecule has 1 spiro atoms. The number of hydrogen-bond donors (Lipinski definition) is 0. The quantitative estimate of drug-likeness (QED) is 0.746. The van der Waals surface area contributed by atoms with Crippen LogP contribution in [0.5, 0.6) is 11.5 Å². The van der Waals surface area contributed by atoms with E-state index in [1.165, 1.54) is 4.31 Å². The summed E-state index contributed by atoms with van der Waals surface area (Å²) in [5, 5.41) is 0. The molecule has 0 aliphatic carbocycles. The Bertz CT molecular complexity index is 875. The van der Waals surface area contributed by atoms with Crippen molar-refractivity contribution in [2.75, 3.05) is 40.9 Å². The lowest BCUT2D eigenvalue weighted by atomic mass is 9.64. The fourth-order valence-electron chi connectivity index (χ4n) is 5.07. The highest BCUT2D eigenvalue weighted by Crippen LogP contribution is 2.57. The number of para-hydroxylation sites is 1. The van der Waals surface area contributed by atoms with E-state index in [9.17, 15) is 8.42 Å². The van der Waals surface area contributed by atoms with Gasteiger partial charge in [0, 0.05) is 38.7 Å². The lowest BCUT2D eigenvalue weighted by Gasteiger charge is -2.54. The first kappa shape index (κ1) is 20.9. The van der Waals surface area contributed by atoms with Gasteiger partial charge in [-0.05, 0) is 44.6 Å². The molecular weight excluding hydrogens is 392 g/mol. The van der Waals surface area contributed by atoms with Gasteiger partial charge in [-0.15, -0.1) is 0 Å². The molecule has 4 rings (SSSR count). The van der Waals surface area contributed by atoms with Crippen LogP contribution < -0.4 is 9.47 Å². The summed E-state index contributed by atoms with van der Waals surface area (Å²) in [7, 11) is 1.47. The van der Waals surface area contributed by atoms with Crippen molar-refractivity contribution in [1.82, 2.24) is 8.61 Å². The average Bonchev–Trinajstić information content (AvgIpc) is 2.68. The van der Waals surface area contributed by atoms with Gasteiger partial charge < -0.3 is 14.2 Å². The van der Waals surface area contributed by atoms with Gasteiger partial charge in [0.15, 0.2) is 11.5 Å². The number of fused-ring (bicyclic) bond motifs is 3. The van der Waals surface area contributed by atoms with E-state index in [0.717, 1.165) is 36.3 Å². The summed E-state index contributed by atoms with van der Waals surface area (Å²) in [6.07, 6.45) is 2.56. The third-order valence-electron chi connectivity index (χ3n) is 6.95. The van der Waals surface area contributed by atoms with Gasteiger partial charge in [-0.25, -0.2) is 0 Å². The number of rotatable bonds is 3. The molecule has 0 aromatic heterocycles. The Morgan fingerprint density at radius 3 is 2.52 bits per heavy atom. The predicted molar refractivity (Wildman–Crippen MR) is 110 cm³/mol. The standard InChI is InChI=1S/C21H32N2O5S/c1-20(2)16-13-21(9-11-23(12-10-21)29(24,25)22(3)4)14-27-18(16)15-7-6-8-17(26-5)19(15)28-20/h6-8,16,18H,9-14H2,1-5H3/t16-,18+/m0/s1. The maximum absolute atomic E-state index is 12.5. The second-order valence-electron chi connectivity index (χ2n) is 9.32. The van der Waals surface area contributed by atoms with Crippen LogP contribution in [0.25, 0.3) is 0 Å². The van der Waals surface area contributed by atoms with Gasteiger partial charge in [0.2, 0.25) is 0 Å². The van der Waals surface area contributed by atoms with Gasteiger partial charge in [-0.2, -0.15) is 17.0 Å². The lowest BCUT2D eigenvalue weighted by Crippen LogP contribution is -2.55. The Morgan fingerprint density at radius 2 is 1.90 bits per heavy atom. The van der Waals surface area contributed by atoms with Gasteiger partial charge >= 0.3 is 0 Å². The van der Waals surface area contributed by atoms with Crippen LogP contribution in [0.1, 0.15) is 44.8 Å². The molecule has 29 heavy (non-hydrogen) atoms. The fourth-order valence-corrected chi connectivity index (χ4v) is 6.17. The Kier molecular flexibility index (Phi) is 5.13. The molecule has 2 saturated heterocycles. The van der Waals surface area contributed by atoms with E-state index in [-0.39, 0.29) is 17.4 Å². The van der Waals surface area contributed by atoms with Crippen molar-refractivity contribution in [2.45, 2.75) is 44.8 Å². The molecule has 0 saturated carbocycles. The first-order valence-corrected chi connectivity index (χ1v) is 11.6. The third-order valence-corrected chi connectivity index (χ3v) is 8.89. The molecule has 1 aromatic rings. The summed E-state index contributed by atoms with van der Waals surface area (Å²) in [5.41, 5.74) is 0.652. The SMILES string of the molecule is COc1cccc2c1OC(C)(C)[C@H]1CC3(CCN(S(=O)(=O)N(C)C)CC3)CO[C@H]21. The van der Waals surface area contributed by atoms with Crippen LogP contribution in [0.15, 0.2) is 18.2 Å². The third kappa shape index (κ3) is 3.44. The van der Waals surface area contributed by atoms with Crippen LogP contribution in [-0.2, 0) is 14.9 Å². The van der Waals surface area contributed by atoms with E-state index >= 15 is 0 Å². The van der Waals surface area contributed by atoms with Crippen LogP contribution in [0, 0.1) is 11.3 Å². The maximum atomic E-state index is 12.5. The zero-order valence-electron chi connectivity index (χ0n) is 18.0. The van der Waals surface area contributed by atoms with Crippen LogP contribution in [0.4, 0.5) is 0 Å². The van der Waals surface area contributed by atoms with Crippen molar-refractivity contribution in [2.24, 2.45) is 11.3 Å². The van der Waals surface area contributed by atoms with Crippen LogP contribution >= 0.6 is 0 Å². The first-order chi connectivity index (χ1) is 13.6. The number of ether oxygens (including phenoxy) is 3. The molecule has 8 heteroatoms. The Morgan fingerprint density at radius 1 is 1.21 bits per heavy atom. The molecule has 2 fully saturated rings.